The van der Waals surface area contributed by atoms with Gasteiger partial charge in [-0.25, -0.2) is 8.78 Å². The molecule has 3 rings (SSSR count). The normalized spacial score (nSPS) is 12.6. The van der Waals surface area contributed by atoms with Gasteiger partial charge >= 0.3 is 0 Å². The Balaban J connectivity index is 2.21. The van der Waals surface area contributed by atoms with E-state index in [1.807, 2.05) is 0 Å². The number of rotatable bonds is 1. The summed E-state index contributed by atoms with van der Waals surface area (Å²) in [6.45, 7) is 0.219. The molecule has 0 radical (unpaired) electrons. The Morgan fingerprint density at radius 3 is 2.72 bits per heavy atom. The number of carbonyl (C=O) groups excluding carboxylic acids is 1. The first-order valence-electron chi connectivity index (χ1n) is 5.11. The Bertz CT molecular complexity index is 666. The van der Waals surface area contributed by atoms with Crippen LogP contribution in [-0.2, 0) is 6.61 Å². The first-order chi connectivity index (χ1) is 8.56. The number of halogens is 2. The van der Waals surface area contributed by atoms with E-state index in [1.165, 1.54) is 0 Å². The summed E-state index contributed by atoms with van der Waals surface area (Å²) in [5.74, 6) is -2.17. The fraction of sp³-hybridized carbons (Fsp3) is 0.0833. The average Bonchev–Trinajstić information content (AvgIpc) is 2.75. The molecular weight excluding hydrogens is 260 g/mol. The number of hydrogen-bond donors (Lipinski definition) is 1. The number of benzene rings is 1. The Morgan fingerprint density at radius 2 is 2.00 bits per heavy atom. The summed E-state index contributed by atoms with van der Waals surface area (Å²) in [6.07, 6.45) is 0. The monoisotopic (exact) mass is 267 g/mol. The number of nitrogens with two attached hydrogens (primary N) is 1. The number of fused-ring (bicyclic) bond motifs is 3. The summed E-state index contributed by atoms with van der Waals surface area (Å²) < 4.78 is 31.7. The zero-order valence-electron chi connectivity index (χ0n) is 9.00. The molecule has 92 valence electrons. The Hall–Kier alpha value is -1.95. The van der Waals surface area contributed by atoms with Crippen LogP contribution in [-0.4, -0.2) is 5.91 Å². The van der Waals surface area contributed by atoms with Crippen molar-refractivity contribution >= 4 is 17.2 Å². The van der Waals surface area contributed by atoms with E-state index in [0.29, 0.717) is 15.3 Å². The molecule has 2 heterocycles. The van der Waals surface area contributed by atoms with Gasteiger partial charge in [0.15, 0.2) is 11.6 Å². The van der Waals surface area contributed by atoms with E-state index in [9.17, 15) is 13.6 Å². The molecule has 0 unspecified atom stereocenters. The van der Waals surface area contributed by atoms with Crippen molar-refractivity contribution in [1.82, 2.24) is 0 Å². The van der Waals surface area contributed by atoms with Crippen molar-refractivity contribution in [3.05, 3.63) is 40.3 Å². The summed E-state index contributed by atoms with van der Waals surface area (Å²) in [6, 6.07) is 3.70. The molecule has 1 aromatic heterocycles. The minimum Gasteiger partial charge on any atom is -0.488 e. The third-order valence-corrected chi connectivity index (χ3v) is 3.93. The van der Waals surface area contributed by atoms with E-state index >= 15 is 0 Å². The van der Waals surface area contributed by atoms with Crippen LogP contribution in [0, 0.1) is 11.6 Å². The number of thiophene rings is 1. The number of ether oxygens (including phenoxy) is 1. The molecule has 2 aromatic rings. The summed E-state index contributed by atoms with van der Waals surface area (Å²) >= 11 is 1.16. The molecule has 0 spiro atoms. The molecular formula is C12H7F2NO2S. The highest BCUT2D eigenvalue weighted by Crippen LogP contribution is 2.43. The van der Waals surface area contributed by atoms with Crippen molar-refractivity contribution in [3.63, 3.8) is 0 Å². The number of amides is 1. The number of primary amides is 1. The van der Waals surface area contributed by atoms with E-state index in [-0.39, 0.29) is 12.4 Å². The second-order valence-electron chi connectivity index (χ2n) is 3.88. The zero-order valence-corrected chi connectivity index (χ0v) is 9.81. The van der Waals surface area contributed by atoms with Crippen LogP contribution in [0.25, 0.3) is 10.4 Å². The Morgan fingerprint density at radius 1 is 1.28 bits per heavy atom. The lowest BCUT2D eigenvalue weighted by molar-refractivity contribution is 0.100. The van der Waals surface area contributed by atoms with Crippen LogP contribution in [0.2, 0.25) is 0 Å². The predicted octanol–water partition coefficient (Wildman–Crippen LogP) is 2.68. The minimum absolute atomic E-state index is 0.219. The standard InChI is InChI=1S/C12H7F2NO2S/c13-7-2-6-9(3-8(7)14)17-4-5-1-10(12(15)16)18-11(5)6/h1-3H,4H2,(H2,15,16). The van der Waals surface area contributed by atoms with Gasteiger partial charge in [-0.3, -0.25) is 4.79 Å². The van der Waals surface area contributed by atoms with Gasteiger partial charge in [-0.1, -0.05) is 0 Å². The molecule has 0 fully saturated rings. The third-order valence-electron chi connectivity index (χ3n) is 2.70. The summed E-state index contributed by atoms with van der Waals surface area (Å²) in [5, 5.41) is 0. The topological polar surface area (TPSA) is 52.3 Å². The van der Waals surface area contributed by atoms with E-state index < -0.39 is 17.5 Å². The summed E-state index contributed by atoms with van der Waals surface area (Å²) in [5.41, 5.74) is 6.40. The van der Waals surface area contributed by atoms with Crippen molar-refractivity contribution in [2.75, 3.05) is 0 Å². The molecule has 1 aliphatic rings. The van der Waals surface area contributed by atoms with Gasteiger partial charge in [-0.2, -0.15) is 0 Å². The predicted molar refractivity (Wildman–Crippen MR) is 62.5 cm³/mol. The molecule has 3 nitrogen and oxygen atoms in total. The van der Waals surface area contributed by atoms with Crippen LogP contribution in [0.15, 0.2) is 18.2 Å². The van der Waals surface area contributed by atoms with Crippen molar-refractivity contribution in [1.29, 1.82) is 0 Å². The average molecular weight is 267 g/mol. The molecule has 2 N–H and O–H groups in total. The molecule has 0 atom stereocenters. The molecule has 1 aliphatic heterocycles. The van der Waals surface area contributed by atoms with Crippen molar-refractivity contribution < 1.29 is 18.3 Å². The first kappa shape index (κ1) is 11.2. The van der Waals surface area contributed by atoms with E-state index in [1.54, 1.807) is 6.07 Å². The summed E-state index contributed by atoms with van der Waals surface area (Å²) in [7, 11) is 0. The molecule has 0 saturated heterocycles. The molecule has 1 amide bonds. The fourth-order valence-electron chi connectivity index (χ4n) is 1.87. The Labute approximate surface area is 105 Å². The SMILES string of the molecule is NC(=O)c1cc2c(s1)-c1cc(F)c(F)cc1OC2. The quantitative estimate of drug-likeness (QED) is 0.863. The second-order valence-corrected chi connectivity index (χ2v) is 4.93. The largest absolute Gasteiger partial charge is 0.488 e. The van der Waals surface area contributed by atoms with Crippen molar-refractivity contribution in [2.45, 2.75) is 6.61 Å². The highest BCUT2D eigenvalue weighted by atomic mass is 32.1. The van der Waals surface area contributed by atoms with Crippen LogP contribution in [0.4, 0.5) is 8.78 Å². The summed E-state index contributed by atoms with van der Waals surface area (Å²) in [4.78, 5) is 12.2. The van der Waals surface area contributed by atoms with Gasteiger partial charge in [0.2, 0.25) is 0 Å². The molecule has 0 saturated carbocycles. The highest BCUT2D eigenvalue weighted by molar-refractivity contribution is 7.17. The lowest BCUT2D eigenvalue weighted by atomic mass is 10.1. The van der Waals surface area contributed by atoms with E-state index in [2.05, 4.69) is 0 Å². The van der Waals surface area contributed by atoms with E-state index in [0.717, 1.165) is 29.0 Å². The van der Waals surface area contributed by atoms with Gasteiger partial charge in [-0.15, -0.1) is 11.3 Å². The van der Waals surface area contributed by atoms with Gasteiger partial charge < -0.3 is 10.5 Å². The van der Waals surface area contributed by atoms with Gasteiger partial charge in [0, 0.05) is 22.1 Å². The van der Waals surface area contributed by atoms with Gasteiger partial charge in [-0.05, 0) is 12.1 Å². The van der Waals surface area contributed by atoms with Gasteiger partial charge in [0.1, 0.15) is 12.4 Å². The molecule has 1 aromatic carbocycles. The highest BCUT2D eigenvalue weighted by Gasteiger charge is 2.23. The van der Waals surface area contributed by atoms with Crippen molar-refractivity contribution in [2.24, 2.45) is 5.73 Å². The molecule has 6 heteroatoms. The molecule has 18 heavy (non-hydrogen) atoms. The van der Waals surface area contributed by atoms with Gasteiger partial charge in [0.05, 0.1) is 4.88 Å². The Kier molecular flexibility index (Phi) is 2.34. The fourth-order valence-corrected chi connectivity index (χ4v) is 2.91. The molecule has 0 aliphatic carbocycles. The zero-order chi connectivity index (χ0) is 12.9. The lowest BCUT2D eigenvalue weighted by Gasteiger charge is -2.17. The smallest absolute Gasteiger partial charge is 0.258 e. The van der Waals surface area contributed by atoms with Crippen LogP contribution < -0.4 is 10.5 Å². The van der Waals surface area contributed by atoms with E-state index in [4.69, 9.17) is 10.5 Å². The first-order valence-corrected chi connectivity index (χ1v) is 5.92. The minimum atomic E-state index is -0.955. The van der Waals surface area contributed by atoms with Crippen LogP contribution in [0.1, 0.15) is 15.2 Å². The lowest BCUT2D eigenvalue weighted by Crippen LogP contribution is -2.08. The second kappa shape index (κ2) is 3.78. The van der Waals surface area contributed by atoms with Gasteiger partial charge in [0.25, 0.3) is 5.91 Å². The number of carbonyl (C=O) groups is 1. The number of hydrogen-bond acceptors (Lipinski definition) is 3. The van der Waals surface area contributed by atoms with Crippen molar-refractivity contribution in [3.8, 4) is 16.2 Å². The third kappa shape index (κ3) is 1.57. The van der Waals surface area contributed by atoms with Crippen LogP contribution in [0.5, 0.6) is 5.75 Å². The maximum atomic E-state index is 13.2. The maximum Gasteiger partial charge on any atom is 0.258 e. The maximum absolute atomic E-state index is 13.2. The van der Waals surface area contributed by atoms with Crippen LogP contribution in [0.3, 0.4) is 0 Å². The molecule has 0 bridgehead atoms. The van der Waals surface area contributed by atoms with Crippen LogP contribution >= 0.6 is 11.3 Å².